The number of hydrogen-bond acceptors (Lipinski definition) is 2. The van der Waals surface area contributed by atoms with Gasteiger partial charge in [-0.2, -0.15) is 0 Å². The van der Waals surface area contributed by atoms with Crippen molar-refractivity contribution in [3.63, 3.8) is 0 Å². The lowest BCUT2D eigenvalue weighted by Gasteiger charge is -2.10. The second-order valence-corrected chi connectivity index (χ2v) is 7.16. The van der Waals surface area contributed by atoms with E-state index in [0.29, 0.717) is 0 Å². The molecule has 0 spiro atoms. The van der Waals surface area contributed by atoms with Crippen LogP contribution in [-0.2, 0) is 0 Å². The van der Waals surface area contributed by atoms with Crippen LogP contribution in [0, 0.1) is 0 Å². The van der Waals surface area contributed by atoms with E-state index >= 15 is 0 Å². The van der Waals surface area contributed by atoms with Gasteiger partial charge in [-0.1, -0.05) is 60.7 Å². The summed E-state index contributed by atoms with van der Waals surface area (Å²) in [5.41, 5.74) is 3.97. The Morgan fingerprint density at radius 3 is 1.96 bits per heavy atom. The lowest BCUT2D eigenvalue weighted by Crippen LogP contribution is -1.90. The minimum atomic E-state index is 0.913. The predicted molar refractivity (Wildman–Crippen MR) is 118 cm³/mol. The monoisotopic (exact) mass is 359 g/mol. The van der Waals surface area contributed by atoms with E-state index < -0.39 is 0 Å². The number of benzene rings is 5. The van der Waals surface area contributed by atoms with Gasteiger partial charge >= 0.3 is 0 Å². The van der Waals surface area contributed by atoms with Gasteiger partial charge in [0.25, 0.3) is 0 Å². The van der Waals surface area contributed by atoms with Crippen molar-refractivity contribution in [2.45, 2.75) is 0 Å². The Hall–Kier alpha value is -3.78. The highest BCUT2D eigenvalue weighted by atomic mass is 16.3. The zero-order chi connectivity index (χ0) is 18.5. The molecule has 5 aromatic carbocycles. The van der Waals surface area contributed by atoms with Crippen molar-refractivity contribution in [2.24, 2.45) is 0 Å². The first-order chi connectivity index (χ1) is 13.8. The van der Waals surface area contributed by atoms with Gasteiger partial charge in [-0.15, -0.1) is 0 Å². The highest BCUT2D eigenvalue weighted by Crippen LogP contribution is 2.33. The van der Waals surface area contributed by atoms with E-state index in [4.69, 9.17) is 4.42 Å². The summed E-state index contributed by atoms with van der Waals surface area (Å²) in [6.07, 6.45) is 0. The molecule has 0 radical (unpaired) electrons. The predicted octanol–water partition coefficient (Wildman–Crippen LogP) is 7.64. The van der Waals surface area contributed by atoms with Crippen molar-refractivity contribution in [1.82, 2.24) is 0 Å². The quantitative estimate of drug-likeness (QED) is 0.321. The van der Waals surface area contributed by atoms with Crippen molar-refractivity contribution >= 4 is 54.9 Å². The maximum absolute atomic E-state index is 5.94. The molecule has 0 saturated heterocycles. The molecule has 1 N–H and O–H groups in total. The fraction of sp³-hybridized carbons (Fsp3) is 0. The lowest BCUT2D eigenvalue weighted by atomic mass is 10.0. The number of fused-ring (bicyclic) bond motifs is 6. The number of nitrogens with one attached hydrogen (secondary N) is 1. The van der Waals surface area contributed by atoms with Crippen LogP contribution in [0.4, 0.5) is 11.4 Å². The van der Waals surface area contributed by atoms with Crippen LogP contribution in [0.3, 0.4) is 0 Å². The van der Waals surface area contributed by atoms with E-state index in [0.717, 1.165) is 33.3 Å². The normalized spacial score (nSPS) is 11.6. The molecule has 0 aliphatic heterocycles. The van der Waals surface area contributed by atoms with E-state index in [1.807, 2.05) is 24.3 Å². The summed E-state index contributed by atoms with van der Waals surface area (Å²) in [6.45, 7) is 0. The molecule has 6 aromatic rings. The fourth-order valence-corrected chi connectivity index (χ4v) is 4.05. The van der Waals surface area contributed by atoms with Crippen LogP contribution in [0.2, 0.25) is 0 Å². The van der Waals surface area contributed by atoms with Gasteiger partial charge in [-0.25, -0.2) is 0 Å². The average molecular weight is 359 g/mol. The first kappa shape index (κ1) is 15.3. The molecule has 28 heavy (non-hydrogen) atoms. The maximum Gasteiger partial charge on any atom is 0.135 e. The molecule has 0 bridgehead atoms. The van der Waals surface area contributed by atoms with E-state index in [1.54, 1.807) is 0 Å². The molecule has 6 rings (SSSR count). The number of anilines is 2. The van der Waals surface area contributed by atoms with Gasteiger partial charge in [0, 0.05) is 22.1 Å². The Balaban J connectivity index is 1.47. The zero-order valence-corrected chi connectivity index (χ0v) is 15.1. The minimum absolute atomic E-state index is 0.913. The Bertz CT molecular complexity index is 1490. The molecule has 0 unspecified atom stereocenters. The molecule has 0 aliphatic carbocycles. The van der Waals surface area contributed by atoms with E-state index in [-0.39, 0.29) is 0 Å². The first-order valence-corrected chi connectivity index (χ1v) is 9.45. The van der Waals surface area contributed by atoms with Crippen molar-refractivity contribution in [3.8, 4) is 0 Å². The SMILES string of the molecule is c1ccc2c(c1)ccc1ccc(Nc3ccc4oc5ccccc5c4c3)cc12. The summed E-state index contributed by atoms with van der Waals surface area (Å²) >= 11 is 0. The van der Waals surface area contributed by atoms with E-state index in [2.05, 4.69) is 78.1 Å². The van der Waals surface area contributed by atoms with Crippen LogP contribution in [0.5, 0.6) is 0 Å². The molecule has 2 nitrogen and oxygen atoms in total. The fourth-order valence-electron chi connectivity index (χ4n) is 4.05. The highest BCUT2D eigenvalue weighted by molar-refractivity contribution is 6.09. The molecule has 1 aromatic heterocycles. The van der Waals surface area contributed by atoms with Crippen molar-refractivity contribution in [2.75, 3.05) is 5.32 Å². The van der Waals surface area contributed by atoms with Crippen LogP contribution < -0.4 is 5.32 Å². The molecule has 0 saturated carbocycles. The van der Waals surface area contributed by atoms with Crippen LogP contribution in [-0.4, -0.2) is 0 Å². The molecule has 132 valence electrons. The van der Waals surface area contributed by atoms with Gasteiger partial charge in [0.05, 0.1) is 0 Å². The molecule has 0 atom stereocenters. The second-order valence-electron chi connectivity index (χ2n) is 7.16. The highest BCUT2D eigenvalue weighted by Gasteiger charge is 2.08. The van der Waals surface area contributed by atoms with Gasteiger partial charge in [0.15, 0.2) is 0 Å². The standard InChI is InChI=1S/C26H17NO/c1-2-6-21-17(5-1)9-10-18-11-12-19(15-23(18)21)27-20-13-14-26-24(16-20)22-7-3-4-8-25(22)28-26/h1-16,27H. The Labute approximate surface area is 162 Å². The smallest absolute Gasteiger partial charge is 0.135 e. The largest absolute Gasteiger partial charge is 0.456 e. The van der Waals surface area contributed by atoms with Crippen LogP contribution in [0.15, 0.2) is 101 Å². The van der Waals surface area contributed by atoms with Crippen molar-refractivity contribution < 1.29 is 4.42 Å². The number of hydrogen-bond donors (Lipinski definition) is 1. The zero-order valence-electron chi connectivity index (χ0n) is 15.1. The second kappa shape index (κ2) is 5.86. The van der Waals surface area contributed by atoms with Gasteiger partial charge in [0.2, 0.25) is 0 Å². The number of para-hydroxylation sites is 1. The maximum atomic E-state index is 5.94. The summed E-state index contributed by atoms with van der Waals surface area (Å²) < 4.78 is 5.94. The summed E-state index contributed by atoms with van der Waals surface area (Å²) in [6, 6.07) is 33.9. The van der Waals surface area contributed by atoms with E-state index in [9.17, 15) is 0 Å². The third kappa shape index (κ3) is 2.35. The third-order valence-electron chi connectivity index (χ3n) is 5.41. The van der Waals surface area contributed by atoms with Crippen LogP contribution in [0.25, 0.3) is 43.5 Å². The Morgan fingerprint density at radius 1 is 0.464 bits per heavy atom. The van der Waals surface area contributed by atoms with Gasteiger partial charge in [-0.3, -0.25) is 0 Å². The number of furan rings is 1. The summed E-state index contributed by atoms with van der Waals surface area (Å²) in [4.78, 5) is 0. The molecule has 2 heteroatoms. The average Bonchev–Trinajstić information content (AvgIpc) is 3.12. The molecule has 1 heterocycles. The summed E-state index contributed by atoms with van der Waals surface area (Å²) in [7, 11) is 0. The Morgan fingerprint density at radius 2 is 1.07 bits per heavy atom. The summed E-state index contributed by atoms with van der Waals surface area (Å²) in [5, 5.41) is 10.9. The molecule has 0 fully saturated rings. The van der Waals surface area contributed by atoms with Crippen molar-refractivity contribution in [1.29, 1.82) is 0 Å². The van der Waals surface area contributed by atoms with Crippen LogP contribution in [0.1, 0.15) is 0 Å². The van der Waals surface area contributed by atoms with Gasteiger partial charge in [-0.05, 0) is 57.9 Å². The lowest BCUT2D eigenvalue weighted by molar-refractivity contribution is 0.669. The number of rotatable bonds is 2. The summed E-state index contributed by atoms with van der Waals surface area (Å²) in [5.74, 6) is 0. The topological polar surface area (TPSA) is 25.2 Å². The Kier molecular flexibility index (Phi) is 3.20. The molecule has 0 aliphatic rings. The third-order valence-corrected chi connectivity index (χ3v) is 5.41. The molecular formula is C26H17NO. The molecular weight excluding hydrogens is 342 g/mol. The van der Waals surface area contributed by atoms with Gasteiger partial charge < -0.3 is 9.73 Å². The molecule has 0 amide bonds. The minimum Gasteiger partial charge on any atom is -0.456 e. The van der Waals surface area contributed by atoms with E-state index in [1.165, 1.54) is 21.5 Å². The van der Waals surface area contributed by atoms with Crippen LogP contribution >= 0.6 is 0 Å². The van der Waals surface area contributed by atoms with Crippen molar-refractivity contribution in [3.05, 3.63) is 97.1 Å². The first-order valence-electron chi connectivity index (χ1n) is 9.45. The van der Waals surface area contributed by atoms with Gasteiger partial charge in [0.1, 0.15) is 11.2 Å².